The molecule has 2 aromatic carbocycles. The van der Waals surface area contributed by atoms with Crippen molar-refractivity contribution in [3.63, 3.8) is 0 Å². The minimum absolute atomic E-state index is 0.0944. The number of rotatable bonds is 18. The summed E-state index contributed by atoms with van der Waals surface area (Å²) in [5.41, 5.74) is 2.10. The molecule has 62 heavy (non-hydrogen) atoms. The van der Waals surface area contributed by atoms with Gasteiger partial charge in [-0.25, -0.2) is 19.6 Å². The van der Waals surface area contributed by atoms with Gasteiger partial charge in [-0.2, -0.15) is 22.7 Å². The number of nitrogens with one attached hydrogen (secondary N) is 4. The Morgan fingerprint density at radius 3 is 2.26 bits per heavy atom. The number of anilines is 1. The summed E-state index contributed by atoms with van der Waals surface area (Å²) in [5, 5.41) is 22.4. The van der Waals surface area contributed by atoms with Crippen LogP contribution in [0.1, 0.15) is 64.3 Å². The zero-order valence-electron chi connectivity index (χ0n) is 35.1. The third-order valence-corrected chi connectivity index (χ3v) is 10.1. The number of carbonyl (C=O) groups is 4. The van der Waals surface area contributed by atoms with Crippen LogP contribution in [0.2, 0.25) is 0 Å². The maximum Gasteiger partial charge on any atom is 0.411 e. The fourth-order valence-electron chi connectivity index (χ4n) is 6.72. The van der Waals surface area contributed by atoms with Gasteiger partial charge in [-0.3, -0.25) is 14.7 Å². The van der Waals surface area contributed by atoms with Crippen LogP contribution in [0.4, 0.5) is 28.0 Å². The molecule has 0 radical (unpaired) electrons. The first-order valence-corrected chi connectivity index (χ1v) is 20.1. The lowest BCUT2D eigenvalue weighted by Gasteiger charge is -2.29. The van der Waals surface area contributed by atoms with Crippen LogP contribution in [0, 0.1) is 11.8 Å². The number of carboxylic acids is 1. The molecule has 0 bridgehead atoms. The number of H-pyrrole nitrogens is 1. The summed E-state index contributed by atoms with van der Waals surface area (Å²) in [6.45, 7) is 7.17. The molecular weight excluding hydrogens is 817 g/mol. The molecule has 1 atom stereocenters. The van der Waals surface area contributed by atoms with Gasteiger partial charge < -0.3 is 35.4 Å². The molecule has 3 amide bonds. The van der Waals surface area contributed by atoms with E-state index in [1.807, 2.05) is 44.4 Å². The Balaban J connectivity index is 1.28. The Morgan fingerprint density at radius 2 is 1.63 bits per heavy atom. The topological polar surface area (TPSA) is 201 Å². The van der Waals surface area contributed by atoms with E-state index >= 15 is 0 Å². The van der Waals surface area contributed by atoms with Crippen LogP contribution in [0.25, 0.3) is 22.5 Å². The molecule has 0 aliphatic heterocycles. The fourth-order valence-corrected chi connectivity index (χ4v) is 6.72. The van der Waals surface area contributed by atoms with Crippen molar-refractivity contribution in [3.8, 4) is 28.4 Å². The minimum atomic E-state index is -5.45. The zero-order valence-corrected chi connectivity index (χ0v) is 35.1. The lowest BCUT2D eigenvalue weighted by molar-refractivity contribution is -0.231. The van der Waals surface area contributed by atoms with Crippen molar-refractivity contribution in [1.29, 1.82) is 0 Å². The Bertz CT molecular complexity index is 2150. The van der Waals surface area contributed by atoms with Gasteiger partial charge in [0.2, 0.25) is 23.5 Å². The molecular formula is C43H52F4N8O7. The molecule has 0 spiro atoms. The summed E-state index contributed by atoms with van der Waals surface area (Å²) >= 11 is 0. The molecule has 1 fully saturated rings. The van der Waals surface area contributed by atoms with E-state index in [1.165, 1.54) is 24.3 Å². The Labute approximate surface area is 356 Å². The molecule has 1 saturated carbocycles. The SMILES string of the molecule is CN(C)CCCOc1ccc(-c2cccc(C[C@H](NC(=O)C3CCC(CNC(=O)OC(C)(C)C)CC3)C(=O)Nc3ccc(-c4n[nH]c(C(F)(F)C(F)(F)C(=O)O)n4)cc3)c2)cn1. The van der Waals surface area contributed by atoms with Crippen molar-refractivity contribution in [2.45, 2.75) is 82.8 Å². The van der Waals surface area contributed by atoms with Gasteiger partial charge in [0.05, 0.1) is 6.61 Å². The van der Waals surface area contributed by atoms with Gasteiger partial charge in [-0.1, -0.05) is 24.3 Å². The first-order valence-electron chi connectivity index (χ1n) is 20.1. The number of pyridine rings is 1. The van der Waals surface area contributed by atoms with Crippen LogP contribution in [0.3, 0.4) is 0 Å². The number of aromatic nitrogens is 4. The number of benzene rings is 2. The Morgan fingerprint density at radius 1 is 0.935 bits per heavy atom. The number of hydrogen-bond acceptors (Lipinski definition) is 10. The number of nitrogens with zero attached hydrogens (tertiary/aromatic N) is 4. The van der Waals surface area contributed by atoms with Gasteiger partial charge in [-0.15, -0.1) is 0 Å². The van der Waals surface area contributed by atoms with E-state index < -0.39 is 53.1 Å². The molecule has 1 aliphatic rings. The van der Waals surface area contributed by atoms with Crippen LogP contribution in [0.15, 0.2) is 66.9 Å². The first kappa shape index (κ1) is 46.9. The molecule has 5 rings (SSSR count). The summed E-state index contributed by atoms with van der Waals surface area (Å²) in [4.78, 5) is 60.6. The predicted octanol–water partition coefficient (Wildman–Crippen LogP) is 6.67. The summed E-state index contributed by atoms with van der Waals surface area (Å²) in [5.74, 6) is -16.3. The van der Waals surface area contributed by atoms with Gasteiger partial charge >= 0.3 is 23.9 Å². The number of carbonyl (C=O) groups excluding carboxylic acids is 3. The molecule has 0 unspecified atom stereocenters. The highest BCUT2D eigenvalue weighted by Gasteiger charge is 2.65. The van der Waals surface area contributed by atoms with Crippen molar-refractivity contribution in [3.05, 3.63) is 78.2 Å². The molecule has 5 N–H and O–H groups in total. The summed E-state index contributed by atoms with van der Waals surface area (Å²) in [6.07, 6.45) is 4.60. The van der Waals surface area contributed by atoms with Gasteiger partial charge in [0.1, 0.15) is 11.6 Å². The molecule has 15 nitrogen and oxygen atoms in total. The van der Waals surface area contributed by atoms with Gasteiger partial charge in [0, 0.05) is 54.5 Å². The number of alkyl carbamates (subject to hydrolysis) is 1. The quantitative estimate of drug-likeness (QED) is 0.0528. The maximum atomic E-state index is 14.3. The van der Waals surface area contributed by atoms with Crippen molar-refractivity contribution >= 4 is 29.6 Å². The van der Waals surface area contributed by atoms with Crippen molar-refractivity contribution < 1.29 is 51.3 Å². The van der Waals surface area contributed by atoms with Gasteiger partial charge in [0.15, 0.2) is 5.82 Å². The van der Waals surface area contributed by atoms with E-state index in [2.05, 4.69) is 35.9 Å². The van der Waals surface area contributed by atoms with E-state index in [9.17, 15) is 36.7 Å². The second kappa shape index (κ2) is 20.2. The van der Waals surface area contributed by atoms with E-state index in [0.29, 0.717) is 44.7 Å². The number of ether oxygens (including phenoxy) is 2. The number of amides is 3. The molecule has 2 heterocycles. The van der Waals surface area contributed by atoms with E-state index in [4.69, 9.17) is 14.6 Å². The third-order valence-electron chi connectivity index (χ3n) is 10.1. The molecule has 2 aromatic heterocycles. The summed E-state index contributed by atoms with van der Waals surface area (Å²) < 4.78 is 67.2. The van der Waals surface area contributed by atoms with Gasteiger partial charge in [-0.05, 0) is 114 Å². The van der Waals surface area contributed by atoms with Crippen molar-refractivity contribution in [2.75, 3.05) is 39.1 Å². The molecule has 0 saturated heterocycles. The average Bonchev–Trinajstić information content (AvgIpc) is 3.73. The number of aromatic amines is 1. The van der Waals surface area contributed by atoms with Crippen LogP contribution >= 0.6 is 0 Å². The van der Waals surface area contributed by atoms with Crippen LogP contribution in [0.5, 0.6) is 5.88 Å². The Hall–Kier alpha value is -6.11. The smallest absolute Gasteiger partial charge is 0.411 e. The standard InChI is InChI=1S/C43H52F4N8O7/c1-41(2,3)62-40(60)49-24-26-10-12-29(13-11-26)36(56)51-33(23-27-8-6-9-30(22-27)31-16-19-34(48-25-31)61-21-7-20-55(4)5)37(57)50-32-17-14-28(15-18-32)35-52-38(54-53-35)42(44,45)43(46,47)39(58)59/h6,8-9,14-19,22,25-26,29,33H,7,10-13,20-21,23-24H2,1-5H3,(H,49,60)(H,50,57)(H,51,56)(H,58,59)(H,52,53,54)/t26?,29?,33-/m0/s1. The molecule has 334 valence electrons. The second-order valence-electron chi connectivity index (χ2n) is 16.5. The third kappa shape index (κ3) is 12.7. The largest absolute Gasteiger partial charge is 0.478 e. The normalized spacial score (nSPS) is 16.3. The number of alkyl halides is 4. The van der Waals surface area contributed by atoms with Gasteiger partial charge in [0.25, 0.3) is 0 Å². The number of hydrogen-bond donors (Lipinski definition) is 5. The maximum absolute atomic E-state index is 14.3. The molecule has 19 heteroatoms. The van der Waals surface area contributed by atoms with Crippen LogP contribution < -0.4 is 20.7 Å². The second-order valence-corrected chi connectivity index (χ2v) is 16.5. The highest BCUT2D eigenvalue weighted by molar-refractivity contribution is 5.98. The highest BCUT2D eigenvalue weighted by atomic mass is 19.3. The van der Waals surface area contributed by atoms with Crippen molar-refractivity contribution in [1.82, 2.24) is 35.7 Å². The first-order chi connectivity index (χ1) is 29.2. The number of halogens is 4. The lowest BCUT2D eigenvalue weighted by Crippen LogP contribution is -2.48. The van der Waals surface area contributed by atoms with Crippen LogP contribution in [-0.2, 0) is 31.5 Å². The highest BCUT2D eigenvalue weighted by Crippen LogP contribution is 2.42. The predicted molar refractivity (Wildman–Crippen MR) is 221 cm³/mol. The van der Waals surface area contributed by atoms with E-state index in [0.717, 1.165) is 29.7 Å². The summed E-state index contributed by atoms with van der Waals surface area (Å²) in [6, 6.07) is 15.6. The molecule has 1 aliphatic carbocycles. The zero-order chi connectivity index (χ0) is 45.2. The van der Waals surface area contributed by atoms with Crippen molar-refractivity contribution in [2.24, 2.45) is 11.8 Å². The fraction of sp³-hybridized carbons (Fsp3) is 0.465. The van der Waals surface area contributed by atoms with E-state index in [-0.39, 0.29) is 35.4 Å². The Kier molecular flexibility index (Phi) is 15.3. The number of aliphatic carboxylic acids is 1. The summed E-state index contributed by atoms with van der Waals surface area (Å²) in [7, 11) is 3.98. The average molecular weight is 869 g/mol. The van der Waals surface area contributed by atoms with E-state index in [1.54, 1.807) is 38.1 Å². The minimum Gasteiger partial charge on any atom is -0.478 e. The lowest BCUT2D eigenvalue weighted by atomic mass is 9.81. The number of carboxylic acid groups (broad SMARTS) is 1. The monoisotopic (exact) mass is 868 g/mol. The van der Waals surface area contributed by atoms with Crippen LogP contribution in [-0.4, -0.2) is 105 Å². The molecule has 4 aromatic rings.